The van der Waals surface area contributed by atoms with Crippen molar-refractivity contribution in [2.45, 2.75) is 12.8 Å². The fourth-order valence-corrected chi connectivity index (χ4v) is 3.18. The normalized spacial score (nSPS) is 17.2. The molecule has 1 N–H and O–H groups in total. The first-order valence-corrected chi connectivity index (χ1v) is 9.01. The van der Waals surface area contributed by atoms with E-state index in [0.29, 0.717) is 18.0 Å². The van der Waals surface area contributed by atoms with Gasteiger partial charge in [-0.15, -0.1) is 0 Å². The summed E-state index contributed by atoms with van der Waals surface area (Å²) in [5, 5.41) is 2.97. The van der Waals surface area contributed by atoms with Gasteiger partial charge in [0, 0.05) is 24.2 Å². The number of likely N-dealkylation sites (tertiary alicyclic amines) is 1. The zero-order chi connectivity index (χ0) is 18.2. The molecule has 1 amide bonds. The van der Waals surface area contributed by atoms with E-state index in [4.69, 9.17) is 0 Å². The Balaban J connectivity index is 1.45. The first-order chi connectivity index (χ1) is 12.7. The summed E-state index contributed by atoms with van der Waals surface area (Å²) in [5.41, 5.74) is 1.53. The van der Waals surface area contributed by atoms with Gasteiger partial charge in [-0.05, 0) is 61.7 Å². The second-order valence-corrected chi connectivity index (χ2v) is 6.63. The van der Waals surface area contributed by atoms with Crippen LogP contribution >= 0.6 is 0 Å². The molecular weight excluding hydrogens is 327 g/mol. The van der Waals surface area contributed by atoms with Gasteiger partial charge in [-0.3, -0.25) is 9.69 Å². The average Bonchev–Trinajstić information content (AvgIpc) is 2.68. The number of amides is 1. The summed E-state index contributed by atoms with van der Waals surface area (Å²) in [7, 11) is 0. The van der Waals surface area contributed by atoms with Crippen molar-refractivity contribution in [3.63, 3.8) is 0 Å². The lowest BCUT2D eigenvalue weighted by Gasteiger charge is -2.31. The van der Waals surface area contributed by atoms with Crippen molar-refractivity contribution in [1.82, 2.24) is 10.2 Å². The molecule has 1 aliphatic rings. The SMILES string of the molecule is O=C(NC[C@H]1CCCN(CC#Cc2ccccc2)C1)c1ccc(F)cc1. The Labute approximate surface area is 154 Å². The molecular formula is C22H23FN2O. The second kappa shape index (κ2) is 9.17. The smallest absolute Gasteiger partial charge is 0.251 e. The fourth-order valence-electron chi connectivity index (χ4n) is 3.18. The van der Waals surface area contributed by atoms with Crippen LogP contribution in [0.4, 0.5) is 4.39 Å². The summed E-state index contributed by atoms with van der Waals surface area (Å²) in [6.07, 6.45) is 2.22. The fraction of sp³-hybridized carbons (Fsp3) is 0.318. The molecule has 4 heteroatoms. The maximum Gasteiger partial charge on any atom is 0.251 e. The van der Waals surface area contributed by atoms with Crippen molar-refractivity contribution in [1.29, 1.82) is 0 Å². The topological polar surface area (TPSA) is 32.3 Å². The molecule has 0 aliphatic carbocycles. The predicted molar refractivity (Wildman–Crippen MR) is 101 cm³/mol. The Morgan fingerprint density at radius 1 is 1.15 bits per heavy atom. The Morgan fingerprint density at radius 3 is 2.69 bits per heavy atom. The van der Waals surface area contributed by atoms with Crippen LogP contribution in [0.5, 0.6) is 0 Å². The number of halogens is 1. The van der Waals surface area contributed by atoms with E-state index in [1.54, 1.807) is 0 Å². The van der Waals surface area contributed by atoms with E-state index < -0.39 is 0 Å². The van der Waals surface area contributed by atoms with E-state index in [1.807, 2.05) is 30.3 Å². The number of benzene rings is 2. The zero-order valence-corrected chi connectivity index (χ0v) is 14.7. The number of carbonyl (C=O) groups is 1. The van der Waals surface area contributed by atoms with Gasteiger partial charge in [-0.1, -0.05) is 30.0 Å². The lowest BCUT2D eigenvalue weighted by Crippen LogP contribution is -2.41. The quantitative estimate of drug-likeness (QED) is 0.858. The Bertz CT molecular complexity index is 777. The van der Waals surface area contributed by atoms with Crippen molar-refractivity contribution in [2.75, 3.05) is 26.2 Å². The standard InChI is InChI=1S/C22H23FN2O/c23-21-12-10-20(11-13-21)22(26)24-16-19-9-5-15-25(17-19)14-4-8-18-6-2-1-3-7-18/h1-3,6-7,10-13,19H,5,9,14-17H2,(H,24,26)/t19-/m1/s1. The highest BCUT2D eigenvalue weighted by molar-refractivity contribution is 5.94. The van der Waals surface area contributed by atoms with Gasteiger partial charge in [0.25, 0.3) is 5.91 Å². The third-order valence-corrected chi connectivity index (χ3v) is 4.57. The second-order valence-electron chi connectivity index (χ2n) is 6.63. The van der Waals surface area contributed by atoms with E-state index in [9.17, 15) is 9.18 Å². The van der Waals surface area contributed by atoms with E-state index in [2.05, 4.69) is 22.1 Å². The van der Waals surface area contributed by atoms with Crippen LogP contribution in [-0.2, 0) is 0 Å². The van der Waals surface area contributed by atoms with Crippen LogP contribution in [0.1, 0.15) is 28.8 Å². The highest BCUT2D eigenvalue weighted by atomic mass is 19.1. The highest BCUT2D eigenvalue weighted by Gasteiger charge is 2.20. The molecule has 3 rings (SSSR count). The van der Waals surface area contributed by atoms with Crippen LogP contribution in [0, 0.1) is 23.6 Å². The molecule has 2 aromatic carbocycles. The van der Waals surface area contributed by atoms with E-state index in [-0.39, 0.29) is 11.7 Å². The van der Waals surface area contributed by atoms with Crippen LogP contribution in [0.15, 0.2) is 54.6 Å². The molecule has 26 heavy (non-hydrogen) atoms. The summed E-state index contributed by atoms with van der Waals surface area (Å²) in [6, 6.07) is 15.6. The highest BCUT2D eigenvalue weighted by Crippen LogP contribution is 2.15. The summed E-state index contributed by atoms with van der Waals surface area (Å²) in [6.45, 7) is 3.37. The van der Waals surface area contributed by atoms with Gasteiger partial charge in [-0.2, -0.15) is 0 Å². The molecule has 3 nitrogen and oxygen atoms in total. The number of carbonyl (C=O) groups excluding carboxylic acids is 1. The van der Waals surface area contributed by atoms with Gasteiger partial charge in [-0.25, -0.2) is 4.39 Å². The molecule has 2 aromatic rings. The van der Waals surface area contributed by atoms with E-state index in [0.717, 1.165) is 38.0 Å². The summed E-state index contributed by atoms with van der Waals surface area (Å²) < 4.78 is 12.9. The first kappa shape index (κ1) is 18.2. The van der Waals surface area contributed by atoms with Gasteiger partial charge >= 0.3 is 0 Å². The molecule has 0 spiro atoms. The molecule has 0 bridgehead atoms. The monoisotopic (exact) mass is 350 g/mol. The molecule has 0 unspecified atom stereocenters. The van der Waals surface area contributed by atoms with Crippen molar-refractivity contribution in [3.05, 3.63) is 71.5 Å². The summed E-state index contributed by atoms with van der Waals surface area (Å²) in [5.74, 6) is 6.38. The third-order valence-electron chi connectivity index (χ3n) is 4.57. The Kier molecular flexibility index (Phi) is 6.40. The van der Waals surface area contributed by atoms with E-state index >= 15 is 0 Å². The molecule has 1 atom stereocenters. The van der Waals surface area contributed by atoms with Crippen LogP contribution in [-0.4, -0.2) is 37.0 Å². The van der Waals surface area contributed by atoms with Crippen LogP contribution in [0.2, 0.25) is 0 Å². The predicted octanol–water partition coefficient (Wildman–Crippen LogP) is 3.32. The molecule has 0 aromatic heterocycles. The van der Waals surface area contributed by atoms with Crippen molar-refractivity contribution in [2.24, 2.45) is 5.92 Å². The lowest BCUT2D eigenvalue weighted by molar-refractivity contribution is 0.0935. The molecule has 1 saturated heterocycles. The number of piperidine rings is 1. The average molecular weight is 350 g/mol. The summed E-state index contributed by atoms with van der Waals surface area (Å²) in [4.78, 5) is 14.5. The minimum atomic E-state index is -0.332. The van der Waals surface area contributed by atoms with Crippen LogP contribution in [0.3, 0.4) is 0 Å². The molecule has 1 heterocycles. The van der Waals surface area contributed by atoms with Crippen LogP contribution < -0.4 is 5.32 Å². The number of hydrogen-bond donors (Lipinski definition) is 1. The van der Waals surface area contributed by atoms with Gasteiger partial charge < -0.3 is 5.32 Å². The third kappa shape index (κ3) is 5.44. The van der Waals surface area contributed by atoms with Crippen molar-refractivity contribution < 1.29 is 9.18 Å². The van der Waals surface area contributed by atoms with E-state index in [1.165, 1.54) is 24.3 Å². The lowest BCUT2D eigenvalue weighted by atomic mass is 9.98. The Hall–Kier alpha value is -2.64. The zero-order valence-electron chi connectivity index (χ0n) is 14.7. The molecule has 0 radical (unpaired) electrons. The van der Waals surface area contributed by atoms with Crippen molar-refractivity contribution >= 4 is 5.91 Å². The van der Waals surface area contributed by atoms with Crippen LogP contribution in [0.25, 0.3) is 0 Å². The van der Waals surface area contributed by atoms with Gasteiger partial charge in [0.05, 0.1) is 6.54 Å². The van der Waals surface area contributed by atoms with Gasteiger partial charge in [0.2, 0.25) is 0 Å². The molecule has 134 valence electrons. The van der Waals surface area contributed by atoms with Gasteiger partial charge in [0.1, 0.15) is 5.82 Å². The minimum Gasteiger partial charge on any atom is -0.352 e. The van der Waals surface area contributed by atoms with Gasteiger partial charge in [0.15, 0.2) is 0 Å². The van der Waals surface area contributed by atoms with Crippen molar-refractivity contribution in [3.8, 4) is 11.8 Å². The maximum absolute atomic E-state index is 12.9. The molecule has 1 aliphatic heterocycles. The number of hydrogen-bond acceptors (Lipinski definition) is 2. The largest absolute Gasteiger partial charge is 0.352 e. The molecule has 0 saturated carbocycles. The number of nitrogens with zero attached hydrogens (tertiary/aromatic N) is 1. The number of nitrogens with one attached hydrogen (secondary N) is 1. The number of rotatable bonds is 4. The molecule has 1 fully saturated rings. The minimum absolute atomic E-state index is 0.147. The Morgan fingerprint density at radius 2 is 1.92 bits per heavy atom. The summed E-state index contributed by atoms with van der Waals surface area (Å²) >= 11 is 0. The first-order valence-electron chi connectivity index (χ1n) is 9.01. The maximum atomic E-state index is 12.9.